The smallest absolute Gasteiger partial charge is 0.240 e. The maximum absolute atomic E-state index is 12.1. The lowest BCUT2D eigenvalue weighted by molar-refractivity contribution is 0.561. The van der Waals surface area contributed by atoms with Gasteiger partial charge in [0.15, 0.2) is 0 Å². The molecule has 1 aromatic carbocycles. The van der Waals surface area contributed by atoms with Crippen LogP contribution in [0.25, 0.3) is 0 Å². The summed E-state index contributed by atoms with van der Waals surface area (Å²) in [6, 6.07) is 5.08. The van der Waals surface area contributed by atoms with E-state index in [4.69, 9.17) is 5.73 Å². The Labute approximate surface area is 118 Å². The number of nitrogens with two attached hydrogens (primary N) is 1. The molecule has 0 unspecified atom stereocenters. The van der Waals surface area contributed by atoms with Crippen LogP contribution in [0, 0.1) is 13.8 Å². The first kappa shape index (κ1) is 14.5. The molecule has 108 valence electrons. The molecule has 20 heavy (non-hydrogen) atoms. The minimum absolute atomic E-state index is 0.260. The molecule has 3 N–H and O–H groups in total. The molecule has 0 atom stereocenters. The molecular formula is C13H18N4O2S. The lowest BCUT2D eigenvalue weighted by atomic mass is 10.1. The van der Waals surface area contributed by atoms with Crippen LogP contribution in [0.4, 0.5) is 5.69 Å². The van der Waals surface area contributed by atoms with Crippen LogP contribution in [-0.4, -0.2) is 24.7 Å². The third-order valence-electron chi connectivity index (χ3n) is 3.07. The van der Waals surface area contributed by atoms with Gasteiger partial charge in [0.05, 0.1) is 23.3 Å². The summed E-state index contributed by atoms with van der Waals surface area (Å²) in [5.74, 6) is 0. The van der Waals surface area contributed by atoms with Gasteiger partial charge in [0.25, 0.3) is 0 Å². The number of hydrogen-bond acceptors (Lipinski definition) is 4. The van der Waals surface area contributed by atoms with Crippen molar-refractivity contribution in [1.82, 2.24) is 14.5 Å². The van der Waals surface area contributed by atoms with E-state index in [2.05, 4.69) is 9.82 Å². The lowest BCUT2D eigenvalue weighted by Gasteiger charge is -2.08. The zero-order valence-corrected chi connectivity index (χ0v) is 12.3. The molecule has 6 nitrogen and oxygen atoms in total. The Morgan fingerprint density at radius 1 is 1.30 bits per heavy atom. The molecule has 0 fully saturated rings. The van der Waals surface area contributed by atoms with Crippen molar-refractivity contribution >= 4 is 15.7 Å². The average molecular weight is 294 g/mol. The summed E-state index contributed by atoms with van der Waals surface area (Å²) in [7, 11) is -3.49. The van der Waals surface area contributed by atoms with Crippen molar-refractivity contribution in [3.8, 4) is 0 Å². The predicted molar refractivity (Wildman–Crippen MR) is 77.7 cm³/mol. The van der Waals surface area contributed by atoms with E-state index >= 15 is 0 Å². The maximum atomic E-state index is 12.1. The molecule has 7 heteroatoms. The summed E-state index contributed by atoms with van der Waals surface area (Å²) in [6.45, 7) is 4.53. The van der Waals surface area contributed by atoms with Gasteiger partial charge in [-0.05, 0) is 37.1 Å². The monoisotopic (exact) mass is 294 g/mol. The number of rotatable bonds is 5. The Bertz CT molecular complexity index is 707. The van der Waals surface area contributed by atoms with Crippen LogP contribution in [0.1, 0.15) is 11.1 Å². The summed E-state index contributed by atoms with van der Waals surface area (Å²) in [5, 5.41) is 3.99. The molecule has 2 aromatic rings. The fourth-order valence-corrected chi connectivity index (χ4v) is 2.87. The van der Waals surface area contributed by atoms with Crippen LogP contribution >= 0.6 is 0 Å². The van der Waals surface area contributed by atoms with Crippen LogP contribution in [0.15, 0.2) is 35.5 Å². The number of nitrogens with one attached hydrogen (secondary N) is 1. The van der Waals surface area contributed by atoms with E-state index in [1.807, 2.05) is 13.8 Å². The van der Waals surface area contributed by atoms with Crippen LogP contribution < -0.4 is 10.5 Å². The Morgan fingerprint density at radius 3 is 2.65 bits per heavy atom. The van der Waals surface area contributed by atoms with Gasteiger partial charge >= 0.3 is 0 Å². The van der Waals surface area contributed by atoms with E-state index in [-0.39, 0.29) is 11.4 Å². The van der Waals surface area contributed by atoms with Crippen molar-refractivity contribution in [3.63, 3.8) is 0 Å². The topological polar surface area (TPSA) is 90.0 Å². The molecule has 0 aliphatic carbocycles. The molecule has 0 amide bonds. The number of hydrogen-bond donors (Lipinski definition) is 2. The Morgan fingerprint density at radius 2 is 2.05 bits per heavy atom. The summed E-state index contributed by atoms with van der Waals surface area (Å²) in [4.78, 5) is 0.278. The Balaban J connectivity index is 2.02. The normalized spacial score (nSPS) is 11.7. The van der Waals surface area contributed by atoms with E-state index in [1.54, 1.807) is 29.1 Å². The van der Waals surface area contributed by atoms with Crippen molar-refractivity contribution in [3.05, 3.63) is 41.7 Å². The van der Waals surface area contributed by atoms with Gasteiger partial charge in [-0.1, -0.05) is 6.07 Å². The van der Waals surface area contributed by atoms with Crippen LogP contribution in [0.2, 0.25) is 0 Å². The molecular weight excluding hydrogens is 276 g/mol. The molecule has 0 bridgehead atoms. The Hall–Kier alpha value is -1.86. The standard InChI is InChI=1S/C13H18N4O2S/c1-10-3-4-13(7-11(10)2)20(18,19)16-5-6-17-9-12(14)8-15-17/h3-4,7-9,16H,5-6,14H2,1-2H3. The van der Waals surface area contributed by atoms with Gasteiger partial charge in [-0.15, -0.1) is 0 Å². The molecule has 0 aliphatic rings. The second-order valence-electron chi connectivity index (χ2n) is 4.68. The first-order valence-electron chi connectivity index (χ1n) is 6.23. The van der Waals surface area contributed by atoms with Gasteiger partial charge in [-0.3, -0.25) is 4.68 Å². The highest BCUT2D eigenvalue weighted by Gasteiger charge is 2.13. The number of anilines is 1. The molecule has 2 rings (SSSR count). The molecule has 0 saturated carbocycles. The van der Waals surface area contributed by atoms with E-state index < -0.39 is 10.0 Å². The fraction of sp³-hybridized carbons (Fsp3) is 0.308. The first-order chi connectivity index (χ1) is 9.38. The van der Waals surface area contributed by atoms with Crippen molar-refractivity contribution in [2.24, 2.45) is 0 Å². The van der Waals surface area contributed by atoms with Gasteiger partial charge in [0.1, 0.15) is 0 Å². The largest absolute Gasteiger partial charge is 0.396 e. The lowest BCUT2D eigenvalue weighted by Crippen LogP contribution is -2.27. The summed E-state index contributed by atoms with van der Waals surface area (Å²) in [6.07, 6.45) is 3.18. The summed E-state index contributed by atoms with van der Waals surface area (Å²) < 4.78 is 28.4. The third-order valence-corrected chi connectivity index (χ3v) is 4.53. The molecule has 0 aliphatic heterocycles. The summed E-state index contributed by atoms with van der Waals surface area (Å²) in [5.41, 5.74) is 8.11. The molecule has 0 saturated heterocycles. The molecule has 0 spiro atoms. The summed E-state index contributed by atoms with van der Waals surface area (Å²) >= 11 is 0. The highest BCUT2D eigenvalue weighted by Crippen LogP contribution is 2.14. The second kappa shape index (κ2) is 5.64. The van der Waals surface area contributed by atoms with Crippen molar-refractivity contribution in [2.75, 3.05) is 12.3 Å². The van der Waals surface area contributed by atoms with E-state index in [9.17, 15) is 8.42 Å². The minimum Gasteiger partial charge on any atom is -0.396 e. The number of aromatic nitrogens is 2. The van der Waals surface area contributed by atoms with Crippen molar-refractivity contribution in [1.29, 1.82) is 0 Å². The molecule has 1 heterocycles. The van der Waals surface area contributed by atoms with Crippen LogP contribution in [0.5, 0.6) is 0 Å². The van der Waals surface area contributed by atoms with E-state index in [0.717, 1.165) is 11.1 Å². The zero-order chi connectivity index (χ0) is 14.8. The molecule has 1 aromatic heterocycles. The van der Waals surface area contributed by atoms with Crippen LogP contribution in [-0.2, 0) is 16.6 Å². The second-order valence-corrected chi connectivity index (χ2v) is 6.45. The highest BCUT2D eigenvalue weighted by atomic mass is 32.2. The van der Waals surface area contributed by atoms with Gasteiger partial charge in [0.2, 0.25) is 10.0 Å². The zero-order valence-electron chi connectivity index (χ0n) is 11.5. The number of nitrogen functional groups attached to an aromatic ring is 1. The Kier molecular flexibility index (Phi) is 4.10. The van der Waals surface area contributed by atoms with E-state index in [1.165, 1.54) is 6.20 Å². The number of aryl methyl sites for hydroxylation is 2. The number of benzene rings is 1. The van der Waals surface area contributed by atoms with Gasteiger partial charge in [0, 0.05) is 12.7 Å². The predicted octanol–water partition coefficient (Wildman–Crippen LogP) is 1.06. The SMILES string of the molecule is Cc1ccc(S(=O)(=O)NCCn2cc(N)cn2)cc1C. The van der Waals surface area contributed by atoms with Gasteiger partial charge in [-0.2, -0.15) is 5.10 Å². The van der Waals surface area contributed by atoms with Crippen molar-refractivity contribution < 1.29 is 8.42 Å². The molecule has 0 radical (unpaired) electrons. The number of sulfonamides is 1. The quantitative estimate of drug-likeness (QED) is 0.863. The van der Waals surface area contributed by atoms with Crippen LogP contribution in [0.3, 0.4) is 0 Å². The van der Waals surface area contributed by atoms with Gasteiger partial charge < -0.3 is 5.73 Å². The fourth-order valence-electron chi connectivity index (χ4n) is 1.76. The van der Waals surface area contributed by atoms with Crippen molar-refractivity contribution in [2.45, 2.75) is 25.3 Å². The average Bonchev–Trinajstić information content (AvgIpc) is 2.78. The minimum atomic E-state index is -3.49. The van der Waals surface area contributed by atoms with E-state index in [0.29, 0.717) is 12.2 Å². The number of nitrogens with zero attached hydrogens (tertiary/aromatic N) is 2. The maximum Gasteiger partial charge on any atom is 0.240 e. The highest BCUT2D eigenvalue weighted by molar-refractivity contribution is 7.89. The van der Waals surface area contributed by atoms with Gasteiger partial charge in [-0.25, -0.2) is 13.1 Å². The first-order valence-corrected chi connectivity index (χ1v) is 7.71. The third kappa shape index (κ3) is 3.37.